The average Bonchev–Trinajstić information content (AvgIpc) is 2.35. The van der Waals surface area contributed by atoms with Crippen LogP contribution in [-0.2, 0) is 0 Å². The van der Waals surface area contributed by atoms with Crippen LogP contribution in [0, 0.1) is 6.92 Å². The maximum atomic E-state index is 6.10. The molecule has 0 unspecified atom stereocenters. The Morgan fingerprint density at radius 1 is 1.33 bits per heavy atom. The number of hydrogen-bond acceptors (Lipinski definition) is 1. The number of benzene rings is 1. The van der Waals surface area contributed by atoms with Crippen molar-refractivity contribution in [2.45, 2.75) is 46.1 Å². The van der Waals surface area contributed by atoms with E-state index in [1.165, 1.54) is 19.4 Å². The van der Waals surface area contributed by atoms with Gasteiger partial charge in [0.1, 0.15) is 5.75 Å². The van der Waals surface area contributed by atoms with Crippen molar-refractivity contribution in [2.24, 2.45) is 0 Å². The summed E-state index contributed by atoms with van der Waals surface area (Å²) in [5, 5.41) is 3.11. The molecule has 0 aliphatic rings. The van der Waals surface area contributed by atoms with Crippen molar-refractivity contribution in [3.05, 3.63) is 28.8 Å². The number of rotatable bonds is 8. The van der Waals surface area contributed by atoms with Gasteiger partial charge < -0.3 is 10.1 Å². The fraction of sp³-hybridized carbons (Fsp3) is 0.600. The van der Waals surface area contributed by atoms with E-state index >= 15 is 0 Å². The molecule has 0 saturated carbocycles. The van der Waals surface area contributed by atoms with Crippen LogP contribution in [0.1, 0.15) is 38.7 Å². The Balaban J connectivity index is 2.14. The van der Waals surface area contributed by atoms with E-state index in [0.29, 0.717) is 5.02 Å². The standard InChI is InChI=1S/C15H24ClNO/c1-4-13(3)17-9-5-6-10-18-15-8-7-12(2)11-14(15)16/h7-8,11,13,17H,4-6,9-10H2,1-3H3/p+1/t13-/m1/s1. The molecule has 2 nitrogen and oxygen atoms in total. The van der Waals surface area contributed by atoms with Crippen LogP contribution in [-0.4, -0.2) is 19.2 Å². The highest BCUT2D eigenvalue weighted by molar-refractivity contribution is 6.32. The number of aryl methyl sites for hydroxylation is 1. The fourth-order valence-electron chi connectivity index (χ4n) is 1.72. The summed E-state index contributed by atoms with van der Waals surface area (Å²) in [5.74, 6) is 0.799. The van der Waals surface area contributed by atoms with E-state index in [1.807, 2.05) is 25.1 Å². The molecule has 1 rings (SSSR count). The summed E-state index contributed by atoms with van der Waals surface area (Å²) in [4.78, 5) is 0. The van der Waals surface area contributed by atoms with Gasteiger partial charge in [-0.1, -0.05) is 24.6 Å². The quantitative estimate of drug-likeness (QED) is 0.722. The van der Waals surface area contributed by atoms with Gasteiger partial charge in [0.15, 0.2) is 0 Å². The minimum atomic E-state index is 0.709. The van der Waals surface area contributed by atoms with Gasteiger partial charge in [0, 0.05) is 0 Å². The number of nitrogens with two attached hydrogens (primary N) is 1. The van der Waals surface area contributed by atoms with Crippen molar-refractivity contribution < 1.29 is 10.1 Å². The number of ether oxygens (including phenoxy) is 1. The first-order valence-corrected chi connectivity index (χ1v) is 7.23. The van der Waals surface area contributed by atoms with Crippen LogP contribution in [0.25, 0.3) is 0 Å². The Labute approximate surface area is 116 Å². The van der Waals surface area contributed by atoms with E-state index in [2.05, 4.69) is 19.2 Å². The van der Waals surface area contributed by atoms with Crippen LogP contribution in [0.5, 0.6) is 5.75 Å². The summed E-state index contributed by atoms with van der Waals surface area (Å²) in [6.45, 7) is 8.45. The van der Waals surface area contributed by atoms with Crippen molar-refractivity contribution in [1.29, 1.82) is 0 Å². The zero-order chi connectivity index (χ0) is 13.4. The van der Waals surface area contributed by atoms with E-state index in [4.69, 9.17) is 16.3 Å². The monoisotopic (exact) mass is 270 g/mol. The second kappa shape index (κ2) is 8.39. The summed E-state index contributed by atoms with van der Waals surface area (Å²) in [7, 11) is 0. The van der Waals surface area contributed by atoms with Gasteiger partial charge >= 0.3 is 0 Å². The SMILES string of the molecule is CC[C@@H](C)[NH2+]CCCCOc1ccc(C)cc1Cl. The van der Waals surface area contributed by atoms with Gasteiger partial charge in [-0.15, -0.1) is 0 Å². The van der Waals surface area contributed by atoms with E-state index < -0.39 is 0 Å². The van der Waals surface area contributed by atoms with Crippen molar-refractivity contribution >= 4 is 11.6 Å². The summed E-state index contributed by atoms with van der Waals surface area (Å²) in [5.41, 5.74) is 1.16. The third-order valence-corrected chi connectivity index (χ3v) is 3.45. The van der Waals surface area contributed by atoms with Crippen LogP contribution >= 0.6 is 11.6 Å². The summed E-state index contributed by atoms with van der Waals surface area (Å²) in [6.07, 6.45) is 3.50. The van der Waals surface area contributed by atoms with E-state index in [-0.39, 0.29) is 0 Å². The molecule has 0 radical (unpaired) electrons. The highest BCUT2D eigenvalue weighted by atomic mass is 35.5. The number of hydrogen-bond donors (Lipinski definition) is 1. The minimum Gasteiger partial charge on any atom is -0.492 e. The molecule has 0 spiro atoms. The smallest absolute Gasteiger partial charge is 0.137 e. The van der Waals surface area contributed by atoms with Crippen molar-refractivity contribution in [2.75, 3.05) is 13.2 Å². The molecule has 0 heterocycles. The molecular formula is C15H25ClNO+. The Bertz CT molecular complexity index is 354. The first-order valence-electron chi connectivity index (χ1n) is 6.85. The van der Waals surface area contributed by atoms with Gasteiger partial charge in [-0.05, 0) is 50.8 Å². The lowest BCUT2D eigenvalue weighted by atomic mass is 10.2. The lowest BCUT2D eigenvalue weighted by Crippen LogP contribution is -2.89. The van der Waals surface area contributed by atoms with Gasteiger partial charge in [-0.25, -0.2) is 0 Å². The van der Waals surface area contributed by atoms with Gasteiger partial charge in [-0.2, -0.15) is 0 Å². The Hall–Kier alpha value is -0.730. The summed E-state index contributed by atoms with van der Waals surface area (Å²) >= 11 is 6.10. The molecule has 0 aliphatic heterocycles. The van der Waals surface area contributed by atoms with Gasteiger partial charge in [0.25, 0.3) is 0 Å². The molecule has 2 N–H and O–H groups in total. The van der Waals surface area contributed by atoms with Gasteiger partial charge in [0.05, 0.1) is 24.2 Å². The van der Waals surface area contributed by atoms with Crippen molar-refractivity contribution in [1.82, 2.24) is 0 Å². The third-order valence-electron chi connectivity index (χ3n) is 3.16. The van der Waals surface area contributed by atoms with Crippen LogP contribution in [0.3, 0.4) is 0 Å². The topological polar surface area (TPSA) is 25.8 Å². The van der Waals surface area contributed by atoms with Crippen LogP contribution in [0.2, 0.25) is 5.02 Å². The van der Waals surface area contributed by atoms with E-state index in [0.717, 1.165) is 30.4 Å². The highest BCUT2D eigenvalue weighted by Crippen LogP contribution is 2.25. The molecule has 18 heavy (non-hydrogen) atoms. The maximum Gasteiger partial charge on any atom is 0.137 e. The second-order valence-electron chi connectivity index (χ2n) is 4.90. The van der Waals surface area contributed by atoms with Crippen LogP contribution in [0.15, 0.2) is 18.2 Å². The normalized spacial score (nSPS) is 12.4. The molecule has 0 fully saturated rings. The van der Waals surface area contributed by atoms with Crippen LogP contribution < -0.4 is 10.1 Å². The third kappa shape index (κ3) is 5.74. The molecule has 0 saturated heterocycles. The molecule has 3 heteroatoms. The van der Waals surface area contributed by atoms with Gasteiger partial charge in [0.2, 0.25) is 0 Å². The summed E-state index contributed by atoms with van der Waals surface area (Å²) < 4.78 is 5.68. The average molecular weight is 271 g/mol. The molecule has 1 aromatic carbocycles. The first-order chi connectivity index (χ1) is 8.63. The molecule has 102 valence electrons. The molecule has 1 aromatic rings. The largest absolute Gasteiger partial charge is 0.492 e. The molecule has 1 atom stereocenters. The molecule has 0 aromatic heterocycles. The lowest BCUT2D eigenvalue weighted by molar-refractivity contribution is -0.686. The Kier molecular flexibility index (Phi) is 7.14. The number of unbranched alkanes of at least 4 members (excludes halogenated alkanes) is 1. The van der Waals surface area contributed by atoms with Gasteiger partial charge in [-0.3, -0.25) is 0 Å². The zero-order valence-corrected chi connectivity index (χ0v) is 12.5. The predicted molar refractivity (Wildman–Crippen MR) is 77.5 cm³/mol. The summed E-state index contributed by atoms with van der Waals surface area (Å²) in [6, 6.07) is 6.64. The Morgan fingerprint density at radius 2 is 2.11 bits per heavy atom. The highest BCUT2D eigenvalue weighted by Gasteiger charge is 2.02. The predicted octanol–water partition coefficient (Wildman–Crippen LogP) is 3.17. The van der Waals surface area contributed by atoms with E-state index in [1.54, 1.807) is 0 Å². The minimum absolute atomic E-state index is 0.709. The maximum absolute atomic E-state index is 6.10. The second-order valence-corrected chi connectivity index (χ2v) is 5.31. The molecule has 0 amide bonds. The zero-order valence-electron chi connectivity index (χ0n) is 11.7. The van der Waals surface area contributed by atoms with Crippen molar-refractivity contribution in [3.8, 4) is 5.75 Å². The molecule has 0 bridgehead atoms. The van der Waals surface area contributed by atoms with Crippen LogP contribution in [0.4, 0.5) is 0 Å². The molecule has 0 aliphatic carbocycles. The van der Waals surface area contributed by atoms with E-state index in [9.17, 15) is 0 Å². The number of quaternary nitrogens is 1. The molecular weight excluding hydrogens is 246 g/mol. The Morgan fingerprint density at radius 3 is 2.78 bits per heavy atom. The van der Waals surface area contributed by atoms with Crippen molar-refractivity contribution in [3.63, 3.8) is 0 Å². The first kappa shape index (κ1) is 15.3. The lowest BCUT2D eigenvalue weighted by Gasteiger charge is -2.09. The fourth-order valence-corrected chi connectivity index (χ4v) is 2.01. The number of halogens is 1.